The molecular formula is C13H18O2. The van der Waals surface area contributed by atoms with E-state index in [4.69, 9.17) is 4.74 Å². The highest BCUT2D eigenvalue weighted by Gasteiger charge is 2.35. The zero-order chi connectivity index (χ0) is 10.9. The second-order valence-electron chi connectivity index (χ2n) is 4.64. The minimum Gasteiger partial charge on any atom is -0.490 e. The number of hydrogen-bond donors (Lipinski definition) is 1. The Balaban J connectivity index is 2.01. The fraction of sp³-hybridized carbons (Fsp3) is 0.538. The largest absolute Gasteiger partial charge is 0.490 e. The lowest BCUT2D eigenvalue weighted by molar-refractivity contribution is -0.0664. The predicted octanol–water partition coefficient (Wildman–Crippen LogP) is 2.60. The highest BCUT2D eigenvalue weighted by molar-refractivity contribution is 5.36. The van der Waals surface area contributed by atoms with Crippen LogP contribution in [0.4, 0.5) is 0 Å². The number of aryl methyl sites for hydroxylation is 2. The normalized spacial score (nSPS) is 18.3. The lowest BCUT2D eigenvalue weighted by Crippen LogP contribution is -2.42. The van der Waals surface area contributed by atoms with E-state index in [-0.39, 0.29) is 0 Å². The van der Waals surface area contributed by atoms with Gasteiger partial charge in [0.25, 0.3) is 0 Å². The van der Waals surface area contributed by atoms with E-state index >= 15 is 0 Å². The van der Waals surface area contributed by atoms with Gasteiger partial charge in [0.05, 0.1) is 5.60 Å². The van der Waals surface area contributed by atoms with Crippen molar-refractivity contribution in [3.8, 4) is 5.75 Å². The molecular weight excluding hydrogens is 188 g/mol. The first kappa shape index (κ1) is 10.5. The van der Waals surface area contributed by atoms with Crippen molar-refractivity contribution in [3.05, 3.63) is 29.3 Å². The van der Waals surface area contributed by atoms with Crippen LogP contribution in [0.1, 0.15) is 30.4 Å². The smallest absolute Gasteiger partial charge is 0.122 e. The van der Waals surface area contributed by atoms with Gasteiger partial charge < -0.3 is 9.84 Å². The van der Waals surface area contributed by atoms with Crippen molar-refractivity contribution in [1.29, 1.82) is 0 Å². The predicted molar refractivity (Wildman–Crippen MR) is 60.2 cm³/mol. The summed E-state index contributed by atoms with van der Waals surface area (Å²) >= 11 is 0. The molecule has 1 saturated carbocycles. The Morgan fingerprint density at radius 3 is 2.67 bits per heavy atom. The summed E-state index contributed by atoms with van der Waals surface area (Å²) < 4.78 is 5.67. The van der Waals surface area contributed by atoms with Crippen molar-refractivity contribution in [2.45, 2.75) is 38.7 Å². The minimum atomic E-state index is -0.559. The van der Waals surface area contributed by atoms with Gasteiger partial charge >= 0.3 is 0 Å². The van der Waals surface area contributed by atoms with Crippen molar-refractivity contribution in [2.75, 3.05) is 6.61 Å². The van der Waals surface area contributed by atoms with Gasteiger partial charge in [0.2, 0.25) is 0 Å². The van der Waals surface area contributed by atoms with Crippen molar-refractivity contribution < 1.29 is 9.84 Å². The maximum Gasteiger partial charge on any atom is 0.122 e. The molecule has 0 heterocycles. The summed E-state index contributed by atoms with van der Waals surface area (Å²) in [5, 5.41) is 9.91. The molecule has 0 radical (unpaired) electrons. The molecule has 2 heteroatoms. The summed E-state index contributed by atoms with van der Waals surface area (Å²) in [6.07, 6.45) is 2.86. The van der Waals surface area contributed by atoms with Gasteiger partial charge in [-0.15, -0.1) is 0 Å². The average molecular weight is 206 g/mol. The maximum atomic E-state index is 9.91. The zero-order valence-electron chi connectivity index (χ0n) is 9.42. The van der Waals surface area contributed by atoms with Gasteiger partial charge in [-0.05, 0) is 50.3 Å². The second-order valence-corrected chi connectivity index (χ2v) is 4.64. The minimum absolute atomic E-state index is 0.428. The SMILES string of the molecule is Cc1ccc(C)c(OCC2(O)CCC2)c1. The summed E-state index contributed by atoms with van der Waals surface area (Å²) in [7, 11) is 0. The lowest BCUT2D eigenvalue weighted by Gasteiger charge is -2.36. The molecule has 1 aromatic carbocycles. The van der Waals surface area contributed by atoms with Gasteiger partial charge in [0, 0.05) is 0 Å². The zero-order valence-corrected chi connectivity index (χ0v) is 9.42. The molecule has 0 atom stereocenters. The molecule has 0 saturated heterocycles. The van der Waals surface area contributed by atoms with Gasteiger partial charge in [-0.25, -0.2) is 0 Å². The highest BCUT2D eigenvalue weighted by atomic mass is 16.5. The average Bonchev–Trinajstić information content (AvgIpc) is 2.17. The monoisotopic (exact) mass is 206 g/mol. The second kappa shape index (κ2) is 3.86. The third-order valence-electron chi connectivity index (χ3n) is 3.12. The molecule has 82 valence electrons. The molecule has 0 bridgehead atoms. The van der Waals surface area contributed by atoms with E-state index in [0.717, 1.165) is 30.6 Å². The Hall–Kier alpha value is -1.02. The van der Waals surface area contributed by atoms with Crippen molar-refractivity contribution >= 4 is 0 Å². The van der Waals surface area contributed by atoms with Crippen LogP contribution in [0, 0.1) is 13.8 Å². The first-order valence-electron chi connectivity index (χ1n) is 5.52. The quantitative estimate of drug-likeness (QED) is 0.823. The Morgan fingerprint density at radius 1 is 1.33 bits per heavy atom. The summed E-state index contributed by atoms with van der Waals surface area (Å²) in [5.41, 5.74) is 1.76. The molecule has 15 heavy (non-hydrogen) atoms. The van der Waals surface area contributed by atoms with Gasteiger partial charge in [-0.1, -0.05) is 12.1 Å². The van der Waals surface area contributed by atoms with Gasteiger partial charge in [0.15, 0.2) is 0 Å². The van der Waals surface area contributed by atoms with E-state index in [1.165, 1.54) is 5.56 Å². The Labute approximate surface area is 90.9 Å². The Bertz CT molecular complexity index is 354. The van der Waals surface area contributed by atoms with E-state index in [1.807, 2.05) is 19.9 Å². The van der Waals surface area contributed by atoms with Crippen LogP contribution < -0.4 is 4.74 Å². The molecule has 1 aliphatic rings. The molecule has 0 amide bonds. The number of aliphatic hydroxyl groups is 1. The Kier molecular flexibility index (Phi) is 2.70. The third kappa shape index (κ3) is 2.32. The summed E-state index contributed by atoms with van der Waals surface area (Å²) in [4.78, 5) is 0. The fourth-order valence-corrected chi connectivity index (χ4v) is 1.80. The van der Waals surface area contributed by atoms with E-state index in [0.29, 0.717) is 6.61 Å². The van der Waals surface area contributed by atoms with Gasteiger partial charge in [-0.3, -0.25) is 0 Å². The van der Waals surface area contributed by atoms with Gasteiger partial charge in [-0.2, -0.15) is 0 Å². The van der Waals surface area contributed by atoms with E-state index in [2.05, 4.69) is 12.1 Å². The van der Waals surface area contributed by atoms with Crippen molar-refractivity contribution in [2.24, 2.45) is 0 Å². The van der Waals surface area contributed by atoms with Crippen LogP contribution in [0.25, 0.3) is 0 Å². The van der Waals surface area contributed by atoms with Crippen LogP contribution in [-0.4, -0.2) is 17.3 Å². The van der Waals surface area contributed by atoms with E-state index in [9.17, 15) is 5.11 Å². The topological polar surface area (TPSA) is 29.5 Å². The van der Waals surface area contributed by atoms with E-state index in [1.54, 1.807) is 0 Å². The van der Waals surface area contributed by atoms with Crippen molar-refractivity contribution in [3.63, 3.8) is 0 Å². The molecule has 0 unspecified atom stereocenters. The van der Waals surface area contributed by atoms with Crippen LogP contribution in [0.15, 0.2) is 18.2 Å². The highest BCUT2D eigenvalue weighted by Crippen LogP contribution is 2.32. The molecule has 0 aromatic heterocycles. The van der Waals surface area contributed by atoms with Crippen LogP contribution in [-0.2, 0) is 0 Å². The molecule has 0 spiro atoms. The van der Waals surface area contributed by atoms with Crippen LogP contribution >= 0.6 is 0 Å². The number of hydrogen-bond acceptors (Lipinski definition) is 2. The molecule has 1 fully saturated rings. The van der Waals surface area contributed by atoms with Crippen LogP contribution in [0.2, 0.25) is 0 Å². The lowest BCUT2D eigenvalue weighted by atomic mass is 9.81. The summed E-state index contributed by atoms with van der Waals surface area (Å²) in [5.74, 6) is 0.898. The number of ether oxygens (including phenoxy) is 1. The molecule has 1 aliphatic carbocycles. The third-order valence-corrected chi connectivity index (χ3v) is 3.12. The molecule has 2 rings (SSSR count). The summed E-state index contributed by atoms with van der Waals surface area (Å²) in [6.45, 7) is 4.50. The molecule has 1 N–H and O–H groups in total. The molecule has 0 aliphatic heterocycles. The fourth-order valence-electron chi connectivity index (χ4n) is 1.80. The number of rotatable bonds is 3. The first-order valence-corrected chi connectivity index (χ1v) is 5.52. The van der Waals surface area contributed by atoms with Crippen molar-refractivity contribution in [1.82, 2.24) is 0 Å². The Morgan fingerprint density at radius 2 is 2.07 bits per heavy atom. The number of benzene rings is 1. The van der Waals surface area contributed by atoms with Crippen LogP contribution in [0.3, 0.4) is 0 Å². The maximum absolute atomic E-state index is 9.91. The molecule has 1 aromatic rings. The molecule has 2 nitrogen and oxygen atoms in total. The summed E-state index contributed by atoms with van der Waals surface area (Å²) in [6, 6.07) is 6.15. The first-order chi connectivity index (χ1) is 7.09. The van der Waals surface area contributed by atoms with Crippen LogP contribution in [0.5, 0.6) is 5.75 Å². The van der Waals surface area contributed by atoms with Gasteiger partial charge in [0.1, 0.15) is 12.4 Å². The standard InChI is InChI=1S/C13H18O2/c1-10-4-5-11(2)12(8-10)15-9-13(14)6-3-7-13/h4-5,8,14H,3,6-7,9H2,1-2H3. The van der Waals surface area contributed by atoms with E-state index < -0.39 is 5.60 Å².